The largest absolute Gasteiger partial charge is 0.352 e. The number of nitrogens with zero attached hydrogens (tertiary/aromatic N) is 1. The maximum atomic E-state index is 12.3. The number of amides is 1. The normalized spacial score (nSPS) is 12.2. The summed E-state index contributed by atoms with van der Waals surface area (Å²) in [6.07, 6.45) is 0.492. The molecule has 0 aliphatic carbocycles. The van der Waals surface area contributed by atoms with Gasteiger partial charge in [0.05, 0.1) is 4.90 Å². The first-order chi connectivity index (χ1) is 10.1. The molecule has 22 heavy (non-hydrogen) atoms. The second kappa shape index (κ2) is 7.74. The molecule has 0 saturated heterocycles. The van der Waals surface area contributed by atoms with E-state index in [9.17, 15) is 13.2 Å². The van der Waals surface area contributed by atoms with Crippen molar-refractivity contribution in [3.8, 4) is 0 Å². The monoisotopic (exact) mass is 326 g/mol. The number of hydrogen-bond acceptors (Lipinski definition) is 3. The molecule has 1 rings (SSSR count). The molecule has 5 nitrogen and oxygen atoms in total. The standard InChI is InChI=1S/C16H26N2O3S/c1-12(2)10-16(19)17-11-14-6-8-15(9-7-14)22(20,21)18(5)13(3)4/h6-9,12-13H,10-11H2,1-5H3,(H,17,19). The topological polar surface area (TPSA) is 66.5 Å². The van der Waals surface area contributed by atoms with Crippen LogP contribution in [0.2, 0.25) is 0 Å². The van der Waals surface area contributed by atoms with Crippen molar-refractivity contribution in [3.63, 3.8) is 0 Å². The molecule has 0 aromatic heterocycles. The predicted octanol–water partition coefficient (Wildman–Crippen LogP) is 2.38. The number of sulfonamides is 1. The summed E-state index contributed by atoms with van der Waals surface area (Å²) >= 11 is 0. The van der Waals surface area contributed by atoms with Crippen LogP contribution < -0.4 is 5.32 Å². The van der Waals surface area contributed by atoms with Crippen LogP contribution in [0, 0.1) is 5.92 Å². The smallest absolute Gasteiger partial charge is 0.243 e. The van der Waals surface area contributed by atoms with Gasteiger partial charge in [-0.15, -0.1) is 0 Å². The third-order valence-electron chi connectivity index (χ3n) is 3.41. The summed E-state index contributed by atoms with van der Waals surface area (Å²) in [7, 11) is -1.89. The van der Waals surface area contributed by atoms with Crippen LogP contribution in [-0.4, -0.2) is 31.7 Å². The number of nitrogens with one attached hydrogen (secondary N) is 1. The minimum absolute atomic E-state index is 0.00578. The van der Waals surface area contributed by atoms with Crippen LogP contribution in [0.5, 0.6) is 0 Å². The van der Waals surface area contributed by atoms with Gasteiger partial charge in [-0.05, 0) is 37.5 Å². The highest BCUT2D eigenvalue weighted by atomic mass is 32.2. The Morgan fingerprint density at radius 2 is 1.68 bits per heavy atom. The van der Waals surface area contributed by atoms with Gasteiger partial charge in [-0.1, -0.05) is 26.0 Å². The SMILES string of the molecule is CC(C)CC(=O)NCc1ccc(S(=O)(=O)N(C)C(C)C)cc1. The van der Waals surface area contributed by atoms with E-state index in [1.54, 1.807) is 31.3 Å². The van der Waals surface area contributed by atoms with E-state index in [1.165, 1.54) is 4.31 Å². The average molecular weight is 326 g/mol. The molecule has 0 aliphatic heterocycles. The Hall–Kier alpha value is -1.40. The lowest BCUT2D eigenvalue weighted by molar-refractivity contribution is -0.121. The van der Waals surface area contributed by atoms with Crippen molar-refractivity contribution < 1.29 is 13.2 Å². The van der Waals surface area contributed by atoms with Gasteiger partial charge in [0.15, 0.2) is 0 Å². The zero-order chi connectivity index (χ0) is 16.9. The van der Waals surface area contributed by atoms with Gasteiger partial charge in [0, 0.05) is 26.1 Å². The molecule has 0 heterocycles. The summed E-state index contributed by atoms with van der Waals surface area (Å²) in [4.78, 5) is 11.9. The third kappa shape index (κ3) is 5.10. The third-order valence-corrected chi connectivity index (χ3v) is 5.46. The van der Waals surface area contributed by atoms with E-state index in [-0.39, 0.29) is 16.8 Å². The number of carbonyl (C=O) groups is 1. The molecular weight excluding hydrogens is 300 g/mol. The summed E-state index contributed by atoms with van der Waals surface area (Å²) in [6.45, 7) is 8.05. The fourth-order valence-electron chi connectivity index (χ4n) is 1.87. The predicted molar refractivity (Wildman–Crippen MR) is 87.8 cm³/mol. The Labute approximate surface area is 133 Å². The van der Waals surface area contributed by atoms with Gasteiger partial charge < -0.3 is 5.32 Å². The number of rotatable bonds is 7. The second-order valence-corrected chi connectivity index (χ2v) is 8.13. The van der Waals surface area contributed by atoms with E-state index in [4.69, 9.17) is 0 Å². The van der Waals surface area contributed by atoms with Gasteiger partial charge in [-0.2, -0.15) is 4.31 Å². The average Bonchev–Trinajstić information content (AvgIpc) is 2.43. The van der Waals surface area contributed by atoms with Crippen molar-refractivity contribution in [1.82, 2.24) is 9.62 Å². The van der Waals surface area contributed by atoms with Crippen LogP contribution in [-0.2, 0) is 21.4 Å². The molecule has 0 spiro atoms. The molecule has 1 N–H and O–H groups in total. The van der Waals surface area contributed by atoms with Crippen molar-refractivity contribution in [3.05, 3.63) is 29.8 Å². The molecule has 0 bridgehead atoms. The van der Waals surface area contributed by atoms with Crippen molar-refractivity contribution >= 4 is 15.9 Å². The maximum absolute atomic E-state index is 12.3. The Balaban J connectivity index is 2.73. The first kappa shape index (κ1) is 18.6. The van der Waals surface area contributed by atoms with Gasteiger partial charge >= 0.3 is 0 Å². The summed E-state index contributed by atoms with van der Waals surface area (Å²) < 4.78 is 26.0. The summed E-state index contributed by atoms with van der Waals surface area (Å²) in [5.41, 5.74) is 0.878. The van der Waals surface area contributed by atoms with Gasteiger partial charge in [0.2, 0.25) is 15.9 Å². The highest BCUT2D eigenvalue weighted by Gasteiger charge is 2.22. The Morgan fingerprint density at radius 1 is 1.14 bits per heavy atom. The van der Waals surface area contributed by atoms with Crippen LogP contribution in [0.4, 0.5) is 0 Å². The molecule has 0 unspecified atom stereocenters. The quantitative estimate of drug-likeness (QED) is 0.836. The molecule has 0 radical (unpaired) electrons. The van der Waals surface area contributed by atoms with E-state index in [0.717, 1.165) is 5.56 Å². The molecule has 1 amide bonds. The molecule has 124 valence electrons. The van der Waals surface area contributed by atoms with Crippen molar-refractivity contribution in [2.75, 3.05) is 7.05 Å². The van der Waals surface area contributed by atoms with Crippen LogP contribution in [0.3, 0.4) is 0 Å². The van der Waals surface area contributed by atoms with E-state index in [2.05, 4.69) is 5.32 Å². The number of benzene rings is 1. The first-order valence-corrected chi connectivity index (χ1v) is 8.92. The molecule has 6 heteroatoms. The molecule has 1 aromatic rings. The highest BCUT2D eigenvalue weighted by Crippen LogP contribution is 2.17. The Bertz CT molecular complexity index is 592. The number of carbonyl (C=O) groups excluding carboxylic acids is 1. The Morgan fingerprint density at radius 3 is 2.14 bits per heavy atom. The maximum Gasteiger partial charge on any atom is 0.243 e. The lowest BCUT2D eigenvalue weighted by atomic mass is 10.1. The van der Waals surface area contributed by atoms with Crippen LogP contribution in [0.15, 0.2) is 29.2 Å². The van der Waals surface area contributed by atoms with Crippen LogP contribution >= 0.6 is 0 Å². The van der Waals surface area contributed by atoms with E-state index in [0.29, 0.717) is 18.9 Å². The van der Waals surface area contributed by atoms with E-state index in [1.807, 2.05) is 27.7 Å². The van der Waals surface area contributed by atoms with Crippen molar-refractivity contribution in [2.24, 2.45) is 5.92 Å². The summed E-state index contributed by atoms with van der Waals surface area (Å²) in [6, 6.07) is 6.53. The zero-order valence-electron chi connectivity index (χ0n) is 14.0. The van der Waals surface area contributed by atoms with Crippen molar-refractivity contribution in [2.45, 2.75) is 51.6 Å². The van der Waals surface area contributed by atoms with Gasteiger partial charge in [-0.3, -0.25) is 4.79 Å². The number of hydrogen-bond donors (Lipinski definition) is 1. The molecule has 0 aliphatic rings. The molecule has 0 saturated carbocycles. The minimum atomic E-state index is -3.46. The fourth-order valence-corrected chi connectivity index (χ4v) is 3.23. The minimum Gasteiger partial charge on any atom is -0.352 e. The van der Waals surface area contributed by atoms with Gasteiger partial charge in [0.25, 0.3) is 0 Å². The molecular formula is C16H26N2O3S. The zero-order valence-corrected chi connectivity index (χ0v) is 14.8. The molecule has 0 fully saturated rings. The van der Waals surface area contributed by atoms with Crippen molar-refractivity contribution in [1.29, 1.82) is 0 Å². The molecule has 0 atom stereocenters. The molecule has 1 aromatic carbocycles. The van der Waals surface area contributed by atoms with Gasteiger partial charge in [0.1, 0.15) is 0 Å². The van der Waals surface area contributed by atoms with Gasteiger partial charge in [-0.25, -0.2) is 8.42 Å². The summed E-state index contributed by atoms with van der Waals surface area (Å²) in [5, 5.41) is 2.83. The fraction of sp³-hybridized carbons (Fsp3) is 0.562. The lowest BCUT2D eigenvalue weighted by Crippen LogP contribution is -2.33. The lowest BCUT2D eigenvalue weighted by Gasteiger charge is -2.21. The summed E-state index contributed by atoms with van der Waals surface area (Å²) in [5.74, 6) is 0.324. The van der Waals surface area contributed by atoms with Crippen LogP contribution in [0.1, 0.15) is 39.7 Å². The van der Waals surface area contributed by atoms with E-state index >= 15 is 0 Å². The second-order valence-electron chi connectivity index (χ2n) is 6.13. The van der Waals surface area contributed by atoms with Crippen LogP contribution in [0.25, 0.3) is 0 Å². The Kier molecular flexibility index (Phi) is 6.56. The first-order valence-electron chi connectivity index (χ1n) is 7.48. The highest BCUT2D eigenvalue weighted by molar-refractivity contribution is 7.89. The van der Waals surface area contributed by atoms with E-state index < -0.39 is 10.0 Å².